The molecule has 0 spiro atoms. The number of carbonyl (C=O) groups excluding carboxylic acids is 1. The second-order valence-electron chi connectivity index (χ2n) is 4.46. The molecule has 1 aliphatic heterocycles. The minimum Gasteiger partial charge on any atom is -0.359 e. The predicted octanol–water partition coefficient (Wildman–Crippen LogP) is 2.12. The van der Waals surface area contributed by atoms with E-state index in [1.54, 1.807) is 14.0 Å². The number of anilines is 1. The highest BCUT2D eigenvalue weighted by Gasteiger charge is 2.29. The zero-order chi connectivity index (χ0) is 13.4. The van der Waals surface area contributed by atoms with Crippen LogP contribution in [0.15, 0.2) is 39.8 Å². The molecular weight excluding hydrogens is 242 g/mol. The molecule has 5 heteroatoms. The maximum atomic E-state index is 11.9. The van der Waals surface area contributed by atoms with Crippen molar-refractivity contribution in [3.05, 3.63) is 47.3 Å². The van der Waals surface area contributed by atoms with Gasteiger partial charge in [-0.3, -0.25) is 9.79 Å². The summed E-state index contributed by atoms with van der Waals surface area (Å²) in [5.74, 6) is 0.447. The van der Waals surface area contributed by atoms with Gasteiger partial charge in [0.1, 0.15) is 17.4 Å². The highest BCUT2D eigenvalue weighted by atomic mass is 16.5. The number of nitrogens with zero attached hydrogens (tertiary/aromatic N) is 3. The Bertz CT molecular complexity index is 646. The van der Waals surface area contributed by atoms with Crippen LogP contribution in [-0.2, 0) is 4.79 Å². The SMILES string of the molecule is Cc1onc2c1N(C)C(=O)C=NC2c1ccccc1. The molecule has 1 aromatic carbocycles. The van der Waals surface area contributed by atoms with E-state index < -0.39 is 0 Å². The lowest BCUT2D eigenvalue weighted by Crippen LogP contribution is -2.26. The van der Waals surface area contributed by atoms with E-state index in [1.807, 2.05) is 30.3 Å². The van der Waals surface area contributed by atoms with Gasteiger partial charge in [-0.25, -0.2) is 0 Å². The van der Waals surface area contributed by atoms with Crippen molar-refractivity contribution in [1.29, 1.82) is 0 Å². The maximum Gasteiger partial charge on any atom is 0.268 e. The van der Waals surface area contributed by atoms with E-state index in [-0.39, 0.29) is 11.9 Å². The number of hydrogen-bond acceptors (Lipinski definition) is 4. The molecule has 5 nitrogen and oxygen atoms in total. The van der Waals surface area contributed by atoms with Crippen molar-refractivity contribution in [2.24, 2.45) is 4.99 Å². The lowest BCUT2D eigenvalue weighted by Gasteiger charge is -2.14. The van der Waals surface area contributed by atoms with Gasteiger partial charge in [-0.2, -0.15) is 0 Å². The van der Waals surface area contributed by atoms with Gasteiger partial charge in [-0.15, -0.1) is 0 Å². The standard InChI is InChI=1S/C14H13N3O2/c1-9-14-13(16-19-9)12(10-6-4-3-5-7-10)15-8-11(18)17(14)2/h3-8,12H,1-2H3. The molecule has 1 atom stereocenters. The first-order valence-corrected chi connectivity index (χ1v) is 6.00. The Hall–Kier alpha value is -2.43. The third kappa shape index (κ3) is 1.83. The van der Waals surface area contributed by atoms with Crippen LogP contribution in [0.5, 0.6) is 0 Å². The Morgan fingerprint density at radius 3 is 2.74 bits per heavy atom. The van der Waals surface area contributed by atoms with Gasteiger partial charge in [-0.05, 0) is 12.5 Å². The summed E-state index contributed by atoms with van der Waals surface area (Å²) < 4.78 is 5.23. The topological polar surface area (TPSA) is 58.7 Å². The van der Waals surface area contributed by atoms with Gasteiger partial charge in [0.25, 0.3) is 5.91 Å². The average molecular weight is 255 g/mol. The first kappa shape index (κ1) is 11.6. The van der Waals surface area contributed by atoms with Crippen molar-refractivity contribution in [1.82, 2.24) is 5.16 Å². The molecule has 1 amide bonds. The molecule has 19 heavy (non-hydrogen) atoms. The minimum absolute atomic E-state index is 0.175. The molecule has 0 fully saturated rings. The van der Waals surface area contributed by atoms with Crippen molar-refractivity contribution in [3.63, 3.8) is 0 Å². The predicted molar refractivity (Wildman–Crippen MR) is 71.4 cm³/mol. The molecule has 2 heterocycles. The number of hydrogen-bond donors (Lipinski definition) is 0. The fourth-order valence-corrected chi connectivity index (χ4v) is 2.26. The summed E-state index contributed by atoms with van der Waals surface area (Å²) in [6.07, 6.45) is 1.35. The molecule has 0 bridgehead atoms. The van der Waals surface area contributed by atoms with Gasteiger partial charge in [0.15, 0.2) is 5.76 Å². The largest absolute Gasteiger partial charge is 0.359 e. The number of benzene rings is 1. The van der Waals surface area contributed by atoms with Crippen LogP contribution < -0.4 is 4.90 Å². The van der Waals surface area contributed by atoms with E-state index in [0.717, 1.165) is 5.56 Å². The Balaban J connectivity index is 2.18. The highest BCUT2D eigenvalue weighted by Crippen LogP contribution is 2.36. The number of aromatic nitrogens is 1. The summed E-state index contributed by atoms with van der Waals surface area (Å²) in [6.45, 7) is 1.79. The van der Waals surface area contributed by atoms with Crippen molar-refractivity contribution in [3.8, 4) is 0 Å². The molecule has 2 aromatic rings. The zero-order valence-electron chi connectivity index (χ0n) is 10.7. The molecule has 0 aliphatic carbocycles. The molecule has 96 valence electrons. The summed E-state index contributed by atoms with van der Waals surface area (Å²) in [4.78, 5) is 17.8. The monoisotopic (exact) mass is 255 g/mol. The smallest absolute Gasteiger partial charge is 0.268 e. The maximum absolute atomic E-state index is 11.9. The number of rotatable bonds is 1. The molecule has 1 aromatic heterocycles. The molecule has 1 aliphatic rings. The lowest BCUT2D eigenvalue weighted by molar-refractivity contribution is -0.111. The summed E-state index contributed by atoms with van der Waals surface area (Å²) in [5.41, 5.74) is 2.36. The van der Waals surface area contributed by atoms with Crippen LogP contribution in [0.25, 0.3) is 0 Å². The minimum atomic E-state index is -0.303. The Labute approximate surface area is 110 Å². The molecule has 1 unspecified atom stereocenters. The van der Waals surface area contributed by atoms with E-state index >= 15 is 0 Å². The van der Waals surface area contributed by atoms with E-state index in [1.165, 1.54) is 11.1 Å². The molecular formula is C14H13N3O2. The van der Waals surface area contributed by atoms with Crippen LogP contribution >= 0.6 is 0 Å². The fraction of sp³-hybridized carbons (Fsp3) is 0.214. The fourth-order valence-electron chi connectivity index (χ4n) is 2.26. The normalized spacial score (nSPS) is 18.3. The summed E-state index contributed by atoms with van der Waals surface area (Å²) in [6, 6.07) is 9.44. The van der Waals surface area contributed by atoms with Crippen molar-refractivity contribution < 1.29 is 9.32 Å². The van der Waals surface area contributed by atoms with Crippen LogP contribution in [0.4, 0.5) is 5.69 Å². The third-order valence-electron chi connectivity index (χ3n) is 3.23. The number of carbonyl (C=O) groups is 1. The first-order chi connectivity index (χ1) is 9.18. The summed E-state index contributed by atoms with van der Waals surface area (Å²) >= 11 is 0. The third-order valence-corrected chi connectivity index (χ3v) is 3.23. The van der Waals surface area contributed by atoms with Gasteiger partial charge in [0.05, 0.1) is 6.21 Å². The van der Waals surface area contributed by atoms with Gasteiger partial charge >= 0.3 is 0 Å². The van der Waals surface area contributed by atoms with Crippen LogP contribution in [0.3, 0.4) is 0 Å². The van der Waals surface area contributed by atoms with E-state index in [9.17, 15) is 4.79 Å². The molecule has 0 saturated carbocycles. The molecule has 0 saturated heterocycles. The number of amides is 1. The molecule has 3 rings (SSSR count). The molecule has 0 radical (unpaired) electrons. The van der Waals surface area contributed by atoms with Gasteiger partial charge in [-0.1, -0.05) is 35.5 Å². The average Bonchev–Trinajstić information content (AvgIpc) is 2.75. The van der Waals surface area contributed by atoms with Gasteiger partial charge in [0.2, 0.25) is 0 Å². The zero-order valence-corrected chi connectivity index (χ0v) is 10.7. The number of fused-ring (bicyclic) bond motifs is 1. The van der Waals surface area contributed by atoms with Crippen molar-refractivity contribution in [2.45, 2.75) is 13.0 Å². The number of aryl methyl sites for hydroxylation is 1. The second-order valence-corrected chi connectivity index (χ2v) is 4.46. The Morgan fingerprint density at radius 1 is 1.26 bits per heavy atom. The van der Waals surface area contributed by atoms with E-state index in [0.29, 0.717) is 17.1 Å². The second kappa shape index (κ2) is 4.35. The van der Waals surface area contributed by atoms with Crippen LogP contribution in [0, 0.1) is 6.92 Å². The summed E-state index contributed by atoms with van der Waals surface area (Å²) in [5, 5.41) is 4.08. The van der Waals surface area contributed by atoms with E-state index in [2.05, 4.69) is 10.1 Å². The first-order valence-electron chi connectivity index (χ1n) is 6.00. The summed E-state index contributed by atoms with van der Waals surface area (Å²) in [7, 11) is 1.70. The molecule has 0 N–H and O–H groups in total. The van der Waals surface area contributed by atoms with Crippen molar-refractivity contribution in [2.75, 3.05) is 11.9 Å². The Kier molecular flexibility index (Phi) is 2.67. The van der Waals surface area contributed by atoms with Gasteiger partial charge in [0, 0.05) is 7.05 Å². The number of aliphatic imine (C=N–C) groups is 1. The van der Waals surface area contributed by atoms with E-state index in [4.69, 9.17) is 4.52 Å². The lowest BCUT2D eigenvalue weighted by atomic mass is 10.0. The van der Waals surface area contributed by atoms with Gasteiger partial charge < -0.3 is 9.42 Å². The quantitative estimate of drug-likeness (QED) is 0.784. The van der Waals surface area contributed by atoms with Crippen LogP contribution in [0.2, 0.25) is 0 Å². The Morgan fingerprint density at radius 2 is 2.00 bits per heavy atom. The highest BCUT2D eigenvalue weighted by molar-refractivity contribution is 6.33. The van der Waals surface area contributed by atoms with Crippen molar-refractivity contribution >= 4 is 17.8 Å². The van der Waals surface area contributed by atoms with Crippen LogP contribution in [0.1, 0.15) is 23.1 Å². The van der Waals surface area contributed by atoms with Crippen LogP contribution in [-0.4, -0.2) is 24.3 Å².